The van der Waals surface area contributed by atoms with Gasteiger partial charge in [-0.3, -0.25) is 9.10 Å². The molecule has 1 amide bonds. The molecule has 0 radical (unpaired) electrons. The average molecular weight is 449 g/mol. The monoisotopic (exact) mass is 448 g/mol. The zero-order valence-corrected chi connectivity index (χ0v) is 19.8. The van der Waals surface area contributed by atoms with Crippen LogP contribution in [-0.2, 0) is 21.4 Å². The maximum atomic E-state index is 13.0. The highest BCUT2D eigenvalue weighted by molar-refractivity contribution is 7.92. The van der Waals surface area contributed by atoms with Gasteiger partial charge in [-0.2, -0.15) is 0 Å². The molecule has 31 heavy (non-hydrogen) atoms. The summed E-state index contributed by atoms with van der Waals surface area (Å²) >= 11 is 0. The third kappa shape index (κ3) is 6.62. The lowest BCUT2D eigenvalue weighted by molar-refractivity contribution is -0.122. The highest BCUT2D eigenvalue weighted by Crippen LogP contribution is 2.29. The molecule has 0 unspecified atom stereocenters. The minimum Gasteiger partial charge on any atom is -0.493 e. The number of methoxy groups -OCH3 is 1. The van der Waals surface area contributed by atoms with Crippen LogP contribution in [-0.4, -0.2) is 39.8 Å². The molecule has 2 aromatic rings. The van der Waals surface area contributed by atoms with Gasteiger partial charge in [0.05, 0.1) is 25.2 Å². The van der Waals surface area contributed by atoms with Crippen LogP contribution in [0.2, 0.25) is 0 Å². The van der Waals surface area contributed by atoms with E-state index in [1.165, 1.54) is 4.31 Å². The summed E-state index contributed by atoms with van der Waals surface area (Å²) in [5, 5.41) is 2.86. The number of hydrogen-bond donors (Lipinski definition) is 1. The summed E-state index contributed by atoms with van der Waals surface area (Å²) in [5.41, 5.74) is 2.20. The fraction of sp³-hybridized carbons (Fsp3) is 0.435. The number of nitrogens with zero attached hydrogens (tertiary/aromatic N) is 1. The third-order valence-electron chi connectivity index (χ3n) is 4.64. The summed E-state index contributed by atoms with van der Waals surface area (Å²) < 4.78 is 37.4. The Morgan fingerprint density at radius 1 is 1.13 bits per heavy atom. The van der Waals surface area contributed by atoms with E-state index < -0.39 is 16.1 Å². The van der Waals surface area contributed by atoms with Crippen LogP contribution in [0.5, 0.6) is 11.5 Å². The van der Waals surface area contributed by atoms with Crippen LogP contribution in [0.25, 0.3) is 0 Å². The quantitative estimate of drug-likeness (QED) is 0.600. The van der Waals surface area contributed by atoms with E-state index in [1.54, 1.807) is 44.4 Å². The normalized spacial score (nSPS) is 12.4. The first kappa shape index (κ1) is 24.5. The van der Waals surface area contributed by atoms with E-state index in [1.807, 2.05) is 32.9 Å². The van der Waals surface area contributed by atoms with Crippen LogP contribution in [0.4, 0.5) is 5.69 Å². The van der Waals surface area contributed by atoms with Gasteiger partial charge in [-0.05, 0) is 62.6 Å². The second kappa shape index (κ2) is 10.5. The van der Waals surface area contributed by atoms with E-state index in [0.717, 1.165) is 17.4 Å². The predicted octanol–water partition coefficient (Wildman–Crippen LogP) is 3.65. The van der Waals surface area contributed by atoms with Crippen molar-refractivity contribution in [1.29, 1.82) is 0 Å². The molecule has 8 heteroatoms. The molecule has 0 aliphatic rings. The zero-order chi connectivity index (χ0) is 23.2. The smallest absolute Gasteiger partial charge is 0.244 e. The predicted molar refractivity (Wildman–Crippen MR) is 123 cm³/mol. The van der Waals surface area contributed by atoms with Crippen molar-refractivity contribution < 1.29 is 22.7 Å². The second-order valence-electron chi connectivity index (χ2n) is 7.69. The van der Waals surface area contributed by atoms with Gasteiger partial charge < -0.3 is 14.8 Å². The Labute approximate surface area is 185 Å². The average Bonchev–Trinajstić information content (AvgIpc) is 2.69. The largest absolute Gasteiger partial charge is 0.493 e. The Kier molecular flexibility index (Phi) is 8.33. The van der Waals surface area contributed by atoms with Crippen molar-refractivity contribution in [3.8, 4) is 11.5 Å². The molecular weight excluding hydrogens is 416 g/mol. The number of hydrogen-bond acceptors (Lipinski definition) is 5. The molecule has 7 nitrogen and oxygen atoms in total. The van der Waals surface area contributed by atoms with Crippen molar-refractivity contribution in [1.82, 2.24) is 5.32 Å². The highest BCUT2D eigenvalue weighted by atomic mass is 32.2. The van der Waals surface area contributed by atoms with Gasteiger partial charge in [0.25, 0.3) is 0 Å². The molecule has 2 aromatic carbocycles. The highest BCUT2D eigenvalue weighted by Gasteiger charge is 2.31. The molecule has 2 rings (SSSR count). The topological polar surface area (TPSA) is 84.9 Å². The maximum Gasteiger partial charge on any atom is 0.244 e. The molecule has 170 valence electrons. The van der Waals surface area contributed by atoms with Gasteiger partial charge in [-0.25, -0.2) is 8.42 Å². The summed E-state index contributed by atoms with van der Waals surface area (Å²) in [6, 6.07) is 11.7. The Morgan fingerprint density at radius 2 is 1.84 bits per heavy atom. The second-order valence-corrected chi connectivity index (χ2v) is 9.55. The molecule has 1 N–H and O–H groups in total. The molecule has 0 aliphatic heterocycles. The number of rotatable bonds is 10. The number of benzene rings is 2. The van der Waals surface area contributed by atoms with Crippen molar-refractivity contribution in [2.75, 3.05) is 17.7 Å². The Bertz CT molecular complexity index is 1000. The first-order chi connectivity index (χ1) is 14.6. The Balaban J connectivity index is 2.22. The summed E-state index contributed by atoms with van der Waals surface area (Å²) in [6.45, 7) is 7.77. The van der Waals surface area contributed by atoms with Crippen molar-refractivity contribution >= 4 is 21.6 Å². The van der Waals surface area contributed by atoms with E-state index in [4.69, 9.17) is 9.47 Å². The van der Waals surface area contributed by atoms with E-state index >= 15 is 0 Å². The Morgan fingerprint density at radius 3 is 2.39 bits per heavy atom. The van der Waals surface area contributed by atoms with Gasteiger partial charge in [0.2, 0.25) is 15.9 Å². The zero-order valence-electron chi connectivity index (χ0n) is 19.0. The molecule has 0 bridgehead atoms. The first-order valence-corrected chi connectivity index (χ1v) is 12.1. The van der Waals surface area contributed by atoms with Crippen LogP contribution < -0.4 is 19.1 Å². The summed E-state index contributed by atoms with van der Waals surface area (Å²) in [7, 11) is -2.11. The van der Waals surface area contributed by atoms with Crippen LogP contribution in [0, 0.1) is 6.92 Å². The van der Waals surface area contributed by atoms with Crippen LogP contribution in [0.3, 0.4) is 0 Å². The van der Waals surface area contributed by atoms with Gasteiger partial charge in [0.1, 0.15) is 6.04 Å². The van der Waals surface area contributed by atoms with Gasteiger partial charge in [0, 0.05) is 6.54 Å². The van der Waals surface area contributed by atoms with E-state index in [0.29, 0.717) is 23.6 Å². The molecule has 0 aliphatic carbocycles. The molecule has 0 saturated heterocycles. The van der Waals surface area contributed by atoms with Crippen molar-refractivity contribution in [2.45, 2.75) is 52.8 Å². The molecule has 0 spiro atoms. The summed E-state index contributed by atoms with van der Waals surface area (Å²) in [4.78, 5) is 13.0. The molecule has 0 aromatic heterocycles. The Hall–Kier alpha value is -2.74. The molecule has 1 atom stereocenters. The number of carbonyl (C=O) groups is 1. The van der Waals surface area contributed by atoms with Crippen molar-refractivity contribution in [3.63, 3.8) is 0 Å². The fourth-order valence-corrected chi connectivity index (χ4v) is 4.51. The van der Waals surface area contributed by atoms with E-state index in [2.05, 4.69) is 5.32 Å². The standard InChI is InChI=1S/C23H32N2O5S/c1-7-20(25(31(6,27)28)19-10-8-9-17(4)13-19)23(26)24-15-18-11-12-21(30-16(2)3)22(14-18)29-5/h8-14,16,20H,7,15H2,1-6H3,(H,24,26)/t20-/m1/s1. The van der Waals surface area contributed by atoms with Crippen LogP contribution >= 0.6 is 0 Å². The molecular formula is C23H32N2O5S. The minimum absolute atomic E-state index is 0.00774. The molecule has 0 fully saturated rings. The number of ether oxygens (including phenoxy) is 2. The number of nitrogens with one attached hydrogen (secondary N) is 1. The molecule has 0 heterocycles. The van der Waals surface area contributed by atoms with Crippen LogP contribution in [0.15, 0.2) is 42.5 Å². The third-order valence-corrected chi connectivity index (χ3v) is 5.82. The van der Waals surface area contributed by atoms with Crippen molar-refractivity contribution in [2.24, 2.45) is 0 Å². The van der Waals surface area contributed by atoms with Gasteiger partial charge in [-0.1, -0.05) is 25.1 Å². The lowest BCUT2D eigenvalue weighted by Gasteiger charge is -2.30. The molecule has 0 saturated carbocycles. The lowest BCUT2D eigenvalue weighted by atomic mass is 10.1. The maximum absolute atomic E-state index is 13.0. The first-order valence-electron chi connectivity index (χ1n) is 10.2. The SMILES string of the molecule is CC[C@H](C(=O)NCc1ccc(OC(C)C)c(OC)c1)N(c1cccc(C)c1)S(C)(=O)=O. The van der Waals surface area contributed by atoms with Gasteiger partial charge in [-0.15, -0.1) is 0 Å². The van der Waals surface area contributed by atoms with Gasteiger partial charge >= 0.3 is 0 Å². The van der Waals surface area contributed by atoms with Gasteiger partial charge in [0.15, 0.2) is 11.5 Å². The summed E-state index contributed by atoms with van der Waals surface area (Å²) in [6.07, 6.45) is 1.45. The number of sulfonamides is 1. The summed E-state index contributed by atoms with van der Waals surface area (Å²) in [5.74, 6) is 0.836. The van der Waals surface area contributed by atoms with E-state index in [9.17, 15) is 13.2 Å². The van der Waals surface area contributed by atoms with Crippen LogP contribution in [0.1, 0.15) is 38.3 Å². The number of anilines is 1. The number of aryl methyl sites for hydroxylation is 1. The van der Waals surface area contributed by atoms with E-state index in [-0.39, 0.29) is 18.6 Å². The minimum atomic E-state index is -3.67. The number of amides is 1. The fourth-order valence-electron chi connectivity index (χ4n) is 3.31. The van der Waals surface area contributed by atoms with Crippen molar-refractivity contribution in [3.05, 3.63) is 53.6 Å². The number of carbonyl (C=O) groups excluding carboxylic acids is 1. The lowest BCUT2D eigenvalue weighted by Crippen LogP contribution is -2.49.